The predicted octanol–water partition coefficient (Wildman–Crippen LogP) is 6.67. The van der Waals surface area contributed by atoms with Crippen LogP contribution in [0.2, 0.25) is 0 Å². The lowest BCUT2D eigenvalue weighted by molar-refractivity contribution is -0.130. The van der Waals surface area contributed by atoms with Gasteiger partial charge in [0.2, 0.25) is 23.6 Å². The smallest absolute Gasteiger partial charge is 0.408 e. The van der Waals surface area contributed by atoms with Gasteiger partial charge in [0.1, 0.15) is 34.2 Å². The lowest BCUT2D eigenvalue weighted by Crippen LogP contribution is -2.48. The molecule has 0 bridgehead atoms. The first-order chi connectivity index (χ1) is 47.0. The Kier molecular flexibility index (Phi) is 52.5. The number of nitrogens with zero attached hydrogens (tertiary/aromatic N) is 6. The molecule has 16 N–H and O–H groups in total. The first kappa shape index (κ1) is 94.7. The van der Waals surface area contributed by atoms with Crippen molar-refractivity contribution in [1.29, 1.82) is 0 Å². The first-order valence-corrected chi connectivity index (χ1v) is 35.1. The average molecular weight is 1430 g/mol. The van der Waals surface area contributed by atoms with E-state index in [9.17, 15) is 47.9 Å². The highest BCUT2D eigenvalue weighted by atomic mass is 16.6. The molecule has 8 amide bonds. The highest BCUT2D eigenvalue weighted by Crippen LogP contribution is 2.20. The molecular weight excluding hydrogens is 1300 g/mol. The van der Waals surface area contributed by atoms with Crippen LogP contribution in [-0.4, -0.2) is 198 Å². The van der Waals surface area contributed by atoms with E-state index in [2.05, 4.69) is 62.6 Å². The number of nitrogens with two attached hydrogens (primary N) is 4. The zero-order valence-corrected chi connectivity index (χ0v) is 62.0. The summed E-state index contributed by atoms with van der Waals surface area (Å²) in [5, 5.41) is 28.7. The third kappa shape index (κ3) is 57.4. The number of nitrogens with one attached hydrogen (secondary N) is 8. The van der Waals surface area contributed by atoms with E-state index in [-0.39, 0.29) is 121 Å². The molecule has 0 aliphatic rings. The Morgan fingerprint density at radius 3 is 1.10 bits per heavy atom. The second-order valence-electron chi connectivity index (χ2n) is 28.1. The van der Waals surface area contributed by atoms with E-state index in [1.165, 1.54) is 0 Å². The van der Waals surface area contributed by atoms with Gasteiger partial charge in [0, 0.05) is 86.9 Å². The molecule has 0 aromatic carbocycles. The summed E-state index contributed by atoms with van der Waals surface area (Å²) in [5.74, 6) is -3.13. The number of rotatable bonds is 52. The molecule has 0 aliphatic carbocycles. The molecule has 0 aromatic rings. The summed E-state index contributed by atoms with van der Waals surface area (Å²) in [7, 11) is 0. The third-order valence-electron chi connectivity index (χ3n) is 14.0. The van der Waals surface area contributed by atoms with E-state index < -0.39 is 94.6 Å². The maximum absolute atomic E-state index is 13.9. The van der Waals surface area contributed by atoms with Gasteiger partial charge in [-0.15, -0.1) is 0 Å². The summed E-state index contributed by atoms with van der Waals surface area (Å²) in [6.07, 6.45) is 6.84. The minimum Gasteiger partial charge on any atom is -0.444 e. The van der Waals surface area contributed by atoms with Crippen LogP contribution in [0.15, 0.2) is 10.2 Å². The van der Waals surface area contributed by atoms with E-state index in [1.807, 2.05) is 0 Å². The molecule has 34 nitrogen and oxygen atoms in total. The Morgan fingerprint density at radius 2 is 0.700 bits per heavy atom. The fourth-order valence-electron chi connectivity index (χ4n) is 9.17. The predicted molar refractivity (Wildman–Crippen MR) is 380 cm³/mol. The van der Waals surface area contributed by atoms with Crippen molar-refractivity contribution in [3.63, 3.8) is 0 Å². The summed E-state index contributed by atoms with van der Waals surface area (Å²) < 4.78 is 32.0. The molecular formula is C66H126N18O16. The molecule has 0 saturated carbocycles. The number of unbranched alkanes of at least 4 members (excludes halogenated alkanes) is 6. The zero-order valence-electron chi connectivity index (χ0n) is 62.0. The summed E-state index contributed by atoms with van der Waals surface area (Å²) in [5.41, 5.74) is 36.6. The second-order valence-corrected chi connectivity index (χ2v) is 28.1. The number of carbonyl (C=O) groups excluding carboxylic acids is 10. The Bertz CT molecular complexity index is 2480. The van der Waals surface area contributed by atoms with Crippen LogP contribution in [-0.2, 0) is 57.2 Å². The third-order valence-corrected chi connectivity index (χ3v) is 14.0. The van der Waals surface area contributed by atoms with Gasteiger partial charge in [-0.25, -0.2) is 19.2 Å². The molecule has 0 fully saturated rings. The van der Waals surface area contributed by atoms with Gasteiger partial charge in [-0.05, 0) is 197 Å². The molecule has 0 saturated heterocycles. The fraction of sp³-hybridized carbons (Fsp3) is 0.848. The van der Waals surface area contributed by atoms with Crippen LogP contribution < -0.4 is 65.5 Å². The molecule has 0 rings (SSSR count). The average Bonchev–Trinajstić information content (AvgIpc) is 0.908. The molecule has 0 heterocycles. The van der Waals surface area contributed by atoms with Crippen LogP contribution in [0.4, 0.5) is 19.2 Å². The Morgan fingerprint density at radius 1 is 0.370 bits per heavy atom. The molecule has 576 valence electrons. The Balaban J connectivity index is 0. The quantitative estimate of drug-likeness (QED) is 0.00994. The Labute approximate surface area is 592 Å². The van der Waals surface area contributed by atoms with Crippen molar-refractivity contribution in [3.8, 4) is 0 Å². The largest absolute Gasteiger partial charge is 0.444 e. The maximum atomic E-state index is 13.9. The van der Waals surface area contributed by atoms with E-state index in [4.69, 9.17) is 62.4 Å². The SMILES string of the molecule is CC(C)(C)OC(=O)NCCCC[C@H](NC(=O)OC(C)(C)C)C(=O)C[C@@H](CCCCNC(=O)[C@H](CCCCNC(=O)OC(C)(C)C)NC(=O)OC(C)(C)C)C(=O)NCCOCCN=[N+]=[N-].[N-]=[N+]=NCCOCCNC(=O)[C@H](CCCCNC(=O)[C@@H](N)CCCCN)CC(=O)[C@@H](N)CCCCN. The van der Waals surface area contributed by atoms with E-state index >= 15 is 0 Å². The van der Waals surface area contributed by atoms with Crippen molar-refractivity contribution >= 4 is 59.6 Å². The highest BCUT2D eigenvalue weighted by molar-refractivity contribution is 5.92. The fourth-order valence-corrected chi connectivity index (χ4v) is 9.17. The molecule has 34 heteroatoms. The Hall–Kier alpha value is -7.32. The van der Waals surface area contributed by atoms with Crippen molar-refractivity contribution < 1.29 is 76.4 Å². The van der Waals surface area contributed by atoms with E-state index in [0.717, 1.165) is 25.7 Å². The normalized spacial score (nSPS) is 13.2. The molecule has 0 aromatic heterocycles. The van der Waals surface area contributed by atoms with Crippen molar-refractivity contribution in [1.82, 2.24) is 42.5 Å². The van der Waals surface area contributed by atoms with Gasteiger partial charge in [-0.3, -0.25) is 28.8 Å². The van der Waals surface area contributed by atoms with Crippen molar-refractivity contribution in [3.05, 3.63) is 20.9 Å². The monoisotopic (exact) mass is 1430 g/mol. The van der Waals surface area contributed by atoms with Crippen LogP contribution in [0.3, 0.4) is 0 Å². The van der Waals surface area contributed by atoms with Gasteiger partial charge in [0.05, 0.1) is 44.6 Å². The number of ether oxygens (including phenoxy) is 6. The van der Waals surface area contributed by atoms with Gasteiger partial charge in [0.25, 0.3) is 0 Å². The zero-order chi connectivity index (χ0) is 76.0. The molecule has 0 aliphatic heterocycles. The molecule has 6 atom stereocenters. The minimum atomic E-state index is -0.988. The summed E-state index contributed by atoms with van der Waals surface area (Å²) in [6, 6.07) is -3.08. The second kappa shape index (κ2) is 55.4. The topological polar surface area (TPSA) is 524 Å². The van der Waals surface area contributed by atoms with Gasteiger partial charge < -0.3 is 93.9 Å². The van der Waals surface area contributed by atoms with Gasteiger partial charge in [-0.2, -0.15) is 0 Å². The van der Waals surface area contributed by atoms with Crippen LogP contribution in [0, 0.1) is 11.8 Å². The van der Waals surface area contributed by atoms with Gasteiger partial charge >= 0.3 is 24.4 Å². The number of ketones is 2. The number of alkyl carbamates (subject to hydrolysis) is 4. The standard InChI is InChI=1S/C43H79N9O12.C23H47N9O4/c1-40(2,3)61-36(56)47-23-17-14-20-31(50-38(58)63-42(7,8)9)33(53)29-30(34(54)46-25-27-60-28-26-49-52-44)19-13-16-22-45-35(55)32(51-39(59)64-43(10,11)12)21-15-18-24-48-37(57)62-41(4,5)6;24-10-4-1-8-19(26)21(33)17-18(22(34)30-13-15-36-16-14-31-32-28)7-3-6-12-29-23(35)20(27)9-2-5-11-25/h30-32H,13-29H2,1-12H3,(H,45,55)(H,46,54)(H,47,56)(H,48,57)(H,50,58)(H,51,59);18-20H,1-17,24-27H2,(H,29,35)(H,30,34)/t30-,31+,32+;18-,19+,20+/m11/s1. The molecule has 100 heavy (non-hydrogen) atoms. The maximum Gasteiger partial charge on any atom is 0.408 e. The summed E-state index contributed by atoms with van der Waals surface area (Å²) >= 11 is 0. The lowest BCUT2D eigenvalue weighted by atomic mass is 9.91. The number of carbonyl (C=O) groups is 10. The van der Waals surface area contributed by atoms with Crippen LogP contribution in [0.25, 0.3) is 20.9 Å². The number of amides is 8. The highest BCUT2D eigenvalue weighted by Gasteiger charge is 2.31. The van der Waals surface area contributed by atoms with Crippen LogP contribution in [0.5, 0.6) is 0 Å². The van der Waals surface area contributed by atoms with Crippen LogP contribution >= 0.6 is 0 Å². The van der Waals surface area contributed by atoms with Crippen molar-refractivity contribution in [2.24, 2.45) is 45.0 Å². The van der Waals surface area contributed by atoms with Gasteiger partial charge in [-0.1, -0.05) is 35.9 Å². The van der Waals surface area contributed by atoms with Crippen molar-refractivity contribution in [2.45, 2.75) is 258 Å². The van der Waals surface area contributed by atoms with Crippen molar-refractivity contribution in [2.75, 3.05) is 91.9 Å². The number of Topliss-reactive ketones (excluding diaryl/α,β-unsaturated/α-hetero) is 2. The number of hydrogen-bond acceptors (Lipinski definition) is 22. The first-order valence-electron chi connectivity index (χ1n) is 35.1. The lowest BCUT2D eigenvalue weighted by Gasteiger charge is -2.24. The summed E-state index contributed by atoms with van der Waals surface area (Å²) in [4.78, 5) is 133. The molecule has 0 spiro atoms. The van der Waals surface area contributed by atoms with E-state index in [1.54, 1.807) is 83.1 Å². The van der Waals surface area contributed by atoms with Gasteiger partial charge in [0.15, 0.2) is 5.78 Å². The number of azide groups is 2. The molecule has 0 unspecified atom stereocenters. The van der Waals surface area contributed by atoms with E-state index in [0.29, 0.717) is 96.8 Å². The minimum absolute atomic E-state index is 0.0613. The number of hydrogen-bond donors (Lipinski definition) is 12. The molecule has 0 radical (unpaired) electrons. The van der Waals surface area contributed by atoms with Crippen LogP contribution in [0.1, 0.15) is 212 Å². The summed E-state index contributed by atoms with van der Waals surface area (Å²) in [6.45, 7) is 24.7.